The van der Waals surface area contributed by atoms with E-state index in [-0.39, 0.29) is 25.2 Å². The molecule has 2 amide bonds. The van der Waals surface area contributed by atoms with Crippen molar-refractivity contribution in [2.45, 2.75) is 57.7 Å². The van der Waals surface area contributed by atoms with Crippen molar-refractivity contribution in [3.63, 3.8) is 0 Å². The van der Waals surface area contributed by atoms with Gasteiger partial charge in [-0.1, -0.05) is 50.2 Å². The molecular formula is C25H30N2O8. The van der Waals surface area contributed by atoms with E-state index in [4.69, 9.17) is 14.9 Å². The molecule has 3 atom stereocenters. The Balaban J connectivity index is 2.24. The summed E-state index contributed by atoms with van der Waals surface area (Å²) in [6, 6.07) is 10.3. The van der Waals surface area contributed by atoms with Crippen LogP contribution in [0.4, 0.5) is 0 Å². The number of aliphatic carboxylic acids is 2. The van der Waals surface area contributed by atoms with E-state index in [1.165, 1.54) is 0 Å². The lowest BCUT2D eigenvalue weighted by Crippen LogP contribution is -2.53. The normalized spacial score (nSPS) is 13.5. The molecule has 10 heteroatoms. The number of ether oxygens (including phenoxy) is 1. The van der Waals surface area contributed by atoms with Crippen molar-refractivity contribution in [3.05, 3.63) is 42.5 Å². The van der Waals surface area contributed by atoms with Crippen LogP contribution in [0.15, 0.2) is 42.5 Å². The zero-order chi connectivity index (χ0) is 26.0. The highest BCUT2D eigenvalue weighted by Crippen LogP contribution is 2.27. The molecule has 0 aliphatic rings. The molecule has 35 heavy (non-hydrogen) atoms. The second kappa shape index (κ2) is 13.1. The van der Waals surface area contributed by atoms with Gasteiger partial charge >= 0.3 is 11.9 Å². The van der Waals surface area contributed by atoms with E-state index in [0.29, 0.717) is 12.0 Å². The van der Waals surface area contributed by atoms with Crippen molar-refractivity contribution in [2.24, 2.45) is 5.92 Å². The third-order valence-electron chi connectivity index (χ3n) is 5.16. The quantitative estimate of drug-likeness (QED) is 0.296. The van der Waals surface area contributed by atoms with Crippen LogP contribution < -0.4 is 15.4 Å². The molecule has 2 rings (SSSR count). The average molecular weight is 487 g/mol. The smallest absolute Gasteiger partial charge is 0.305 e. The predicted octanol–water partition coefficient (Wildman–Crippen LogP) is 2.14. The summed E-state index contributed by atoms with van der Waals surface area (Å²) in [5.41, 5.74) is 0. The molecule has 0 aliphatic carbocycles. The van der Waals surface area contributed by atoms with Crippen LogP contribution in [0, 0.1) is 5.92 Å². The van der Waals surface area contributed by atoms with E-state index in [9.17, 15) is 24.0 Å². The van der Waals surface area contributed by atoms with Crippen LogP contribution in [-0.2, 0) is 24.0 Å². The van der Waals surface area contributed by atoms with Gasteiger partial charge in [-0.15, -0.1) is 0 Å². The maximum Gasteiger partial charge on any atom is 0.305 e. The number of carbonyl (C=O) groups is 5. The molecule has 0 bridgehead atoms. The van der Waals surface area contributed by atoms with Crippen molar-refractivity contribution in [1.29, 1.82) is 0 Å². The van der Waals surface area contributed by atoms with Gasteiger partial charge in [0.1, 0.15) is 18.1 Å². The fourth-order valence-electron chi connectivity index (χ4n) is 3.52. The molecular weight excluding hydrogens is 456 g/mol. The first kappa shape index (κ1) is 27.3. The van der Waals surface area contributed by atoms with Crippen LogP contribution in [0.5, 0.6) is 5.75 Å². The summed E-state index contributed by atoms with van der Waals surface area (Å²) >= 11 is 0. The molecule has 2 aromatic carbocycles. The zero-order valence-corrected chi connectivity index (χ0v) is 19.6. The highest BCUT2D eigenvalue weighted by atomic mass is 16.5. The highest BCUT2D eigenvalue weighted by molar-refractivity contribution is 5.92. The van der Waals surface area contributed by atoms with Gasteiger partial charge in [0.2, 0.25) is 5.91 Å². The number of carboxylic acid groups (broad SMARTS) is 2. The van der Waals surface area contributed by atoms with Crippen molar-refractivity contribution in [3.8, 4) is 5.75 Å². The van der Waals surface area contributed by atoms with E-state index in [1.807, 2.05) is 44.2 Å². The second-order valence-corrected chi connectivity index (χ2v) is 8.56. The van der Waals surface area contributed by atoms with E-state index in [0.717, 1.165) is 10.8 Å². The number of fused-ring (bicyclic) bond motifs is 1. The standard InChI is InChI=1S/C25H30N2O8/c1-15(2)12-19(24(33)26-17(14-28)13-23(31)32)27-25(34)21(10-11-22(29)30)35-20-9-5-7-16-6-3-4-8-18(16)20/h3-9,14-15,17,19,21H,10-13H2,1-2H3,(H,26,33)(H,27,34)(H,29,30)(H,31,32)/t17-,19-,21+/m0/s1. The minimum Gasteiger partial charge on any atom is -0.481 e. The van der Waals surface area contributed by atoms with Crippen molar-refractivity contribution >= 4 is 40.8 Å². The molecule has 4 N–H and O–H groups in total. The Hall–Kier alpha value is -3.95. The van der Waals surface area contributed by atoms with Crippen LogP contribution in [-0.4, -0.2) is 58.4 Å². The topological polar surface area (TPSA) is 159 Å². The Bertz CT molecular complexity index is 1060. The van der Waals surface area contributed by atoms with E-state index >= 15 is 0 Å². The summed E-state index contributed by atoms with van der Waals surface area (Å²) in [6.07, 6.45) is -1.76. The molecule has 0 radical (unpaired) electrons. The Kier molecular flexibility index (Phi) is 10.2. The van der Waals surface area contributed by atoms with Crippen molar-refractivity contribution in [1.82, 2.24) is 10.6 Å². The molecule has 0 saturated carbocycles. The first-order valence-electron chi connectivity index (χ1n) is 11.2. The first-order chi connectivity index (χ1) is 16.6. The fraction of sp³-hybridized carbons (Fsp3) is 0.400. The fourth-order valence-corrected chi connectivity index (χ4v) is 3.52. The Morgan fingerprint density at radius 3 is 2.26 bits per heavy atom. The lowest BCUT2D eigenvalue weighted by molar-refractivity contribution is -0.140. The number of carboxylic acids is 2. The third kappa shape index (κ3) is 8.73. The van der Waals surface area contributed by atoms with E-state index in [2.05, 4.69) is 10.6 Å². The molecule has 0 saturated heterocycles. The van der Waals surface area contributed by atoms with Crippen molar-refractivity contribution in [2.75, 3.05) is 0 Å². The van der Waals surface area contributed by atoms with Gasteiger partial charge in [0.05, 0.1) is 12.5 Å². The molecule has 0 fully saturated rings. The largest absolute Gasteiger partial charge is 0.481 e. The maximum absolute atomic E-state index is 13.2. The number of rotatable bonds is 14. The number of hydrogen-bond acceptors (Lipinski definition) is 6. The summed E-state index contributed by atoms with van der Waals surface area (Å²) in [7, 11) is 0. The number of aldehydes is 1. The van der Waals surface area contributed by atoms with Gasteiger partial charge in [-0.25, -0.2) is 0 Å². The van der Waals surface area contributed by atoms with E-state index < -0.39 is 48.4 Å². The summed E-state index contributed by atoms with van der Waals surface area (Å²) in [4.78, 5) is 59.2. The molecule has 2 aromatic rings. The average Bonchev–Trinajstić information content (AvgIpc) is 2.80. The molecule has 0 aromatic heterocycles. The lowest BCUT2D eigenvalue weighted by Gasteiger charge is -2.25. The van der Waals surface area contributed by atoms with Crippen LogP contribution in [0.25, 0.3) is 10.8 Å². The second-order valence-electron chi connectivity index (χ2n) is 8.56. The number of amides is 2. The molecule has 10 nitrogen and oxygen atoms in total. The Labute approximate surface area is 202 Å². The maximum atomic E-state index is 13.2. The van der Waals surface area contributed by atoms with Crippen molar-refractivity contribution < 1.29 is 38.9 Å². The SMILES string of the molecule is CC(C)C[C@H](NC(=O)[C@@H](CCC(=O)O)Oc1cccc2ccccc12)C(=O)N[C@H](C=O)CC(=O)O. The molecule has 0 spiro atoms. The van der Waals surface area contributed by atoms with Gasteiger partial charge in [-0.2, -0.15) is 0 Å². The first-order valence-corrected chi connectivity index (χ1v) is 11.2. The lowest BCUT2D eigenvalue weighted by atomic mass is 10.0. The number of nitrogens with one attached hydrogen (secondary N) is 2. The van der Waals surface area contributed by atoms with Crippen LogP contribution in [0.3, 0.4) is 0 Å². The molecule has 0 unspecified atom stereocenters. The third-order valence-corrected chi connectivity index (χ3v) is 5.16. The van der Waals surface area contributed by atoms with Gasteiger partial charge in [0.15, 0.2) is 6.10 Å². The monoisotopic (exact) mass is 486 g/mol. The number of carbonyl (C=O) groups excluding carboxylic acids is 3. The molecule has 0 heterocycles. The number of benzene rings is 2. The minimum atomic E-state index is -1.26. The van der Waals surface area contributed by atoms with Gasteiger partial charge in [-0.05, 0) is 23.8 Å². The predicted molar refractivity (Wildman–Crippen MR) is 127 cm³/mol. The number of hydrogen-bond donors (Lipinski definition) is 4. The zero-order valence-electron chi connectivity index (χ0n) is 19.6. The summed E-state index contributed by atoms with van der Waals surface area (Å²) in [5, 5.41) is 24.6. The van der Waals surface area contributed by atoms with E-state index in [1.54, 1.807) is 12.1 Å². The van der Waals surface area contributed by atoms with Crippen LogP contribution in [0.2, 0.25) is 0 Å². The van der Waals surface area contributed by atoms with Gasteiger partial charge in [0, 0.05) is 18.2 Å². The molecule has 188 valence electrons. The highest BCUT2D eigenvalue weighted by Gasteiger charge is 2.29. The minimum absolute atomic E-state index is 0.0309. The Morgan fingerprint density at radius 2 is 1.63 bits per heavy atom. The van der Waals surface area contributed by atoms with Gasteiger partial charge in [-0.3, -0.25) is 19.2 Å². The van der Waals surface area contributed by atoms with Gasteiger partial charge < -0.3 is 30.4 Å². The summed E-state index contributed by atoms with van der Waals surface area (Å²) in [6.45, 7) is 3.66. The van der Waals surface area contributed by atoms with Crippen LogP contribution >= 0.6 is 0 Å². The summed E-state index contributed by atoms with van der Waals surface area (Å²) in [5.74, 6) is -3.42. The van der Waals surface area contributed by atoms with Crippen LogP contribution in [0.1, 0.15) is 39.5 Å². The summed E-state index contributed by atoms with van der Waals surface area (Å²) < 4.78 is 5.94. The molecule has 0 aliphatic heterocycles. The van der Waals surface area contributed by atoms with Gasteiger partial charge in [0.25, 0.3) is 5.91 Å². The Morgan fingerprint density at radius 1 is 0.943 bits per heavy atom.